The number of ether oxygens (including phenoxy) is 1. The van der Waals surface area contributed by atoms with Gasteiger partial charge in [0, 0.05) is 0 Å². The second kappa shape index (κ2) is 8.17. The Bertz CT molecular complexity index is 924. The fourth-order valence-electron chi connectivity index (χ4n) is 2.77. The van der Waals surface area contributed by atoms with Crippen molar-refractivity contribution in [1.82, 2.24) is 4.72 Å². The van der Waals surface area contributed by atoms with E-state index in [1.165, 1.54) is 0 Å². The van der Waals surface area contributed by atoms with Gasteiger partial charge in [0.2, 0.25) is 10.0 Å². The largest absolute Gasteiger partial charge is 0.497 e. The van der Waals surface area contributed by atoms with E-state index >= 15 is 0 Å². The number of hydrogen-bond acceptors (Lipinski definition) is 3. The van der Waals surface area contributed by atoms with E-state index < -0.39 is 10.0 Å². The molecule has 134 valence electrons. The minimum Gasteiger partial charge on any atom is -0.497 e. The molecule has 3 aromatic carbocycles. The molecule has 3 aromatic rings. The lowest BCUT2D eigenvalue weighted by atomic mass is 10.00. The predicted molar refractivity (Wildman–Crippen MR) is 103 cm³/mol. The Morgan fingerprint density at radius 2 is 1.42 bits per heavy atom. The van der Waals surface area contributed by atoms with Crippen LogP contribution < -0.4 is 9.46 Å². The van der Waals surface area contributed by atoms with E-state index in [9.17, 15) is 8.42 Å². The number of hydrogen-bond donors (Lipinski definition) is 1. The summed E-state index contributed by atoms with van der Waals surface area (Å²) in [6.45, 7) is 0. The van der Waals surface area contributed by atoms with E-state index in [0.29, 0.717) is 12.2 Å². The van der Waals surface area contributed by atoms with Crippen LogP contribution in [0.1, 0.15) is 17.2 Å². The molecule has 5 heteroatoms. The minimum atomic E-state index is -3.66. The molecule has 0 saturated heterocycles. The molecule has 1 N–H and O–H groups in total. The van der Waals surface area contributed by atoms with Crippen molar-refractivity contribution >= 4 is 10.0 Å². The zero-order valence-corrected chi connectivity index (χ0v) is 15.3. The van der Waals surface area contributed by atoms with E-state index in [2.05, 4.69) is 4.72 Å². The molecular formula is C21H21NO3S. The zero-order valence-electron chi connectivity index (χ0n) is 14.5. The predicted octanol–water partition coefficient (Wildman–Crippen LogP) is 3.96. The van der Waals surface area contributed by atoms with Crippen molar-refractivity contribution in [1.29, 1.82) is 0 Å². The lowest BCUT2D eigenvalue weighted by Gasteiger charge is -2.19. The molecule has 0 aliphatic heterocycles. The lowest BCUT2D eigenvalue weighted by molar-refractivity contribution is 0.414. The first-order valence-electron chi connectivity index (χ1n) is 8.34. The van der Waals surface area contributed by atoms with Crippen molar-refractivity contribution < 1.29 is 13.2 Å². The molecule has 1 atom stereocenters. The van der Waals surface area contributed by atoms with Gasteiger partial charge in [0.25, 0.3) is 0 Å². The van der Waals surface area contributed by atoms with Gasteiger partial charge in [0.05, 0.1) is 18.0 Å². The quantitative estimate of drug-likeness (QED) is 0.688. The molecule has 0 aromatic heterocycles. The van der Waals surface area contributed by atoms with Crippen LogP contribution in [0.3, 0.4) is 0 Å². The molecule has 0 unspecified atom stereocenters. The molecule has 0 fully saturated rings. The van der Waals surface area contributed by atoms with E-state index in [1.54, 1.807) is 31.4 Å². The minimum absolute atomic E-state index is 0.215. The summed E-state index contributed by atoms with van der Waals surface area (Å²) in [4.78, 5) is 0.215. The standard InChI is InChI=1S/C21H21NO3S/c1-25-19-12-14-20(15-13-19)26(23,24)22-21(18-10-6-3-7-11-18)16-17-8-4-2-5-9-17/h2-15,21-22H,16H2,1H3/t21-/m1/s1. The van der Waals surface area contributed by atoms with Gasteiger partial charge >= 0.3 is 0 Å². The van der Waals surface area contributed by atoms with Crippen molar-refractivity contribution in [2.24, 2.45) is 0 Å². The van der Waals surface area contributed by atoms with Gasteiger partial charge in [-0.3, -0.25) is 0 Å². The van der Waals surface area contributed by atoms with Crippen molar-refractivity contribution in [2.75, 3.05) is 7.11 Å². The molecule has 0 heterocycles. The fraction of sp³-hybridized carbons (Fsp3) is 0.143. The molecule has 0 radical (unpaired) electrons. The smallest absolute Gasteiger partial charge is 0.241 e. The average molecular weight is 367 g/mol. The Labute approximate surface area is 154 Å². The van der Waals surface area contributed by atoms with E-state index in [1.807, 2.05) is 60.7 Å². The molecule has 0 saturated carbocycles. The van der Waals surface area contributed by atoms with Gasteiger partial charge in [-0.25, -0.2) is 13.1 Å². The maximum Gasteiger partial charge on any atom is 0.241 e. The fourth-order valence-corrected chi connectivity index (χ4v) is 4.00. The van der Waals surface area contributed by atoms with Gasteiger partial charge in [-0.15, -0.1) is 0 Å². The van der Waals surface area contributed by atoms with Crippen LogP contribution in [0, 0.1) is 0 Å². The first kappa shape index (κ1) is 18.2. The number of nitrogens with one attached hydrogen (secondary N) is 1. The third-order valence-corrected chi connectivity index (χ3v) is 5.64. The molecule has 26 heavy (non-hydrogen) atoms. The van der Waals surface area contributed by atoms with Crippen LogP contribution in [0.2, 0.25) is 0 Å². The zero-order chi connectivity index (χ0) is 18.4. The molecule has 0 bridgehead atoms. The van der Waals surface area contributed by atoms with Gasteiger partial charge in [0.15, 0.2) is 0 Å². The number of benzene rings is 3. The van der Waals surface area contributed by atoms with Crippen LogP contribution in [-0.2, 0) is 16.4 Å². The third-order valence-electron chi connectivity index (χ3n) is 4.15. The summed E-state index contributed by atoms with van der Waals surface area (Å²) in [5, 5.41) is 0. The van der Waals surface area contributed by atoms with Gasteiger partial charge in [-0.05, 0) is 41.8 Å². The summed E-state index contributed by atoms with van der Waals surface area (Å²) in [5.74, 6) is 0.618. The summed E-state index contributed by atoms with van der Waals surface area (Å²) in [6.07, 6.45) is 0.570. The molecule has 0 amide bonds. The topological polar surface area (TPSA) is 55.4 Å². The number of methoxy groups -OCH3 is 1. The van der Waals surface area contributed by atoms with Crippen molar-refractivity contribution in [2.45, 2.75) is 17.4 Å². The molecule has 0 spiro atoms. The van der Waals surface area contributed by atoms with Gasteiger partial charge < -0.3 is 4.74 Å². The highest BCUT2D eigenvalue weighted by molar-refractivity contribution is 7.89. The monoisotopic (exact) mass is 367 g/mol. The SMILES string of the molecule is COc1ccc(S(=O)(=O)N[C@H](Cc2ccccc2)c2ccccc2)cc1. The van der Waals surface area contributed by atoms with Gasteiger partial charge in [0.1, 0.15) is 5.75 Å². The summed E-state index contributed by atoms with van der Waals surface area (Å²) in [6, 6.07) is 25.5. The first-order valence-corrected chi connectivity index (χ1v) is 9.82. The van der Waals surface area contributed by atoms with Crippen LogP contribution >= 0.6 is 0 Å². The number of rotatable bonds is 7. The van der Waals surface area contributed by atoms with Crippen LogP contribution in [0.15, 0.2) is 89.8 Å². The summed E-state index contributed by atoms with van der Waals surface area (Å²) >= 11 is 0. The molecule has 3 rings (SSSR count). The lowest BCUT2D eigenvalue weighted by Crippen LogP contribution is -2.30. The number of sulfonamides is 1. The van der Waals surface area contributed by atoms with Crippen molar-refractivity contribution in [3.8, 4) is 5.75 Å². The summed E-state index contributed by atoms with van der Waals surface area (Å²) in [7, 11) is -2.11. The third kappa shape index (κ3) is 4.50. The van der Waals surface area contributed by atoms with E-state index in [4.69, 9.17) is 4.74 Å². The van der Waals surface area contributed by atoms with Crippen LogP contribution in [0.5, 0.6) is 5.75 Å². The normalized spacial score (nSPS) is 12.5. The molecule has 0 aliphatic rings. The van der Waals surface area contributed by atoms with Gasteiger partial charge in [-0.1, -0.05) is 60.7 Å². The van der Waals surface area contributed by atoms with Crippen molar-refractivity contribution in [3.63, 3.8) is 0 Å². The Morgan fingerprint density at radius 3 is 2.00 bits per heavy atom. The molecule has 0 aliphatic carbocycles. The summed E-state index contributed by atoms with van der Waals surface area (Å²) < 4.78 is 33.6. The van der Waals surface area contributed by atoms with Crippen molar-refractivity contribution in [3.05, 3.63) is 96.1 Å². The first-order chi connectivity index (χ1) is 12.6. The highest BCUT2D eigenvalue weighted by atomic mass is 32.2. The second-order valence-electron chi connectivity index (χ2n) is 5.95. The highest BCUT2D eigenvalue weighted by Gasteiger charge is 2.21. The van der Waals surface area contributed by atoms with E-state index in [-0.39, 0.29) is 10.9 Å². The van der Waals surface area contributed by atoms with Crippen LogP contribution in [0.4, 0.5) is 0 Å². The molecule has 4 nitrogen and oxygen atoms in total. The Kier molecular flexibility index (Phi) is 5.71. The Morgan fingerprint density at radius 1 is 0.846 bits per heavy atom. The van der Waals surface area contributed by atoms with Crippen LogP contribution in [0.25, 0.3) is 0 Å². The maximum absolute atomic E-state index is 12.9. The summed E-state index contributed by atoms with van der Waals surface area (Å²) in [5.41, 5.74) is 1.99. The Hall–Kier alpha value is -2.63. The average Bonchev–Trinajstić information content (AvgIpc) is 2.69. The Balaban J connectivity index is 1.88. The van der Waals surface area contributed by atoms with Crippen LogP contribution in [-0.4, -0.2) is 15.5 Å². The van der Waals surface area contributed by atoms with Gasteiger partial charge in [-0.2, -0.15) is 0 Å². The molecular weight excluding hydrogens is 346 g/mol. The highest BCUT2D eigenvalue weighted by Crippen LogP contribution is 2.22. The second-order valence-corrected chi connectivity index (χ2v) is 7.66. The van der Waals surface area contributed by atoms with E-state index in [0.717, 1.165) is 11.1 Å². The maximum atomic E-state index is 12.9.